The molecular weight excluding hydrogens is 552 g/mol. The van der Waals surface area contributed by atoms with E-state index in [1.807, 2.05) is 38.1 Å². The largest absolute Gasteiger partial charge is 0.493 e. The maximum atomic E-state index is 6.07. The third-order valence-electron chi connectivity index (χ3n) is 7.58. The predicted octanol–water partition coefficient (Wildman–Crippen LogP) is 9.57. The van der Waals surface area contributed by atoms with E-state index in [1.54, 1.807) is 28.4 Å². The topological polar surface area (TPSA) is 55.4 Å². The fourth-order valence-electron chi connectivity index (χ4n) is 4.67. The molecule has 0 aliphatic rings. The lowest BCUT2D eigenvalue weighted by Crippen LogP contribution is -2.11. The molecule has 0 radical (unpaired) electrons. The van der Waals surface area contributed by atoms with Crippen LogP contribution in [0.1, 0.15) is 62.8 Å². The molecule has 6 heteroatoms. The second-order valence-corrected chi connectivity index (χ2v) is 10.7. The summed E-state index contributed by atoms with van der Waals surface area (Å²) in [4.78, 5) is 0. The van der Waals surface area contributed by atoms with E-state index in [0.717, 1.165) is 45.9 Å². The third-order valence-corrected chi connectivity index (χ3v) is 7.58. The Morgan fingerprint density at radius 3 is 1.09 bits per heavy atom. The van der Waals surface area contributed by atoms with Gasteiger partial charge in [-0.15, -0.1) is 0 Å². The molecule has 0 heterocycles. The smallest absolute Gasteiger partial charge is 0.203 e. The molecule has 6 nitrogen and oxygen atoms in total. The summed E-state index contributed by atoms with van der Waals surface area (Å²) in [6.07, 6.45) is 10.2. The zero-order valence-corrected chi connectivity index (χ0v) is 27.1. The molecule has 0 aromatic heterocycles. The SMILES string of the molecule is CCC(C)Oc1c(OC)cc(/C=C/c2ccc3cc(/C=C/c4cc(OC)c(OC(C)CC)c(OC)c4)ccc3c2)cc1OC. The van der Waals surface area contributed by atoms with Crippen molar-refractivity contribution in [2.24, 2.45) is 0 Å². The van der Waals surface area contributed by atoms with Crippen LogP contribution < -0.4 is 28.4 Å². The summed E-state index contributed by atoms with van der Waals surface area (Å²) in [5.74, 6) is 3.85. The zero-order chi connectivity index (χ0) is 31.6. The Hall–Kier alpha value is -4.58. The van der Waals surface area contributed by atoms with Crippen LogP contribution in [0.5, 0.6) is 34.5 Å². The van der Waals surface area contributed by atoms with Crippen molar-refractivity contribution in [3.63, 3.8) is 0 Å². The highest BCUT2D eigenvalue weighted by molar-refractivity contribution is 5.89. The van der Waals surface area contributed by atoms with E-state index >= 15 is 0 Å². The first-order valence-electron chi connectivity index (χ1n) is 15.1. The predicted molar refractivity (Wildman–Crippen MR) is 182 cm³/mol. The van der Waals surface area contributed by atoms with Gasteiger partial charge in [0.2, 0.25) is 11.5 Å². The molecule has 4 rings (SSSR count). The lowest BCUT2D eigenvalue weighted by Gasteiger charge is -2.18. The van der Waals surface area contributed by atoms with Crippen molar-refractivity contribution in [1.29, 1.82) is 0 Å². The van der Waals surface area contributed by atoms with Crippen molar-refractivity contribution in [2.75, 3.05) is 28.4 Å². The Bertz CT molecular complexity index is 1450. The Morgan fingerprint density at radius 2 is 0.795 bits per heavy atom. The second-order valence-electron chi connectivity index (χ2n) is 10.7. The number of methoxy groups -OCH3 is 4. The standard InChI is InChI=1S/C38H44O6/c1-9-25(3)43-37-33(39-5)21-29(22-34(37)40-6)13-11-27-15-17-32-20-28(16-18-31(32)19-27)12-14-30-23-35(41-7)38(36(24-30)42-8)44-26(4)10-2/h11-26H,9-10H2,1-8H3/b13-11+,14-12+. The van der Waals surface area contributed by atoms with Crippen molar-refractivity contribution in [2.45, 2.75) is 52.7 Å². The summed E-state index contributed by atoms with van der Waals surface area (Å²) >= 11 is 0. The van der Waals surface area contributed by atoms with E-state index in [-0.39, 0.29) is 12.2 Å². The van der Waals surface area contributed by atoms with Gasteiger partial charge in [0.25, 0.3) is 0 Å². The molecule has 0 amide bonds. The van der Waals surface area contributed by atoms with Gasteiger partial charge in [-0.05, 0) is 96.1 Å². The number of rotatable bonds is 14. The van der Waals surface area contributed by atoms with Crippen LogP contribution in [0.3, 0.4) is 0 Å². The minimum absolute atomic E-state index is 0.0563. The van der Waals surface area contributed by atoms with E-state index in [4.69, 9.17) is 28.4 Å². The van der Waals surface area contributed by atoms with Gasteiger partial charge in [-0.2, -0.15) is 0 Å². The maximum Gasteiger partial charge on any atom is 0.203 e. The fraction of sp³-hybridized carbons (Fsp3) is 0.316. The maximum absolute atomic E-state index is 6.07. The number of hydrogen-bond acceptors (Lipinski definition) is 6. The van der Waals surface area contributed by atoms with Gasteiger partial charge < -0.3 is 28.4 Å². The van der Waals surface area contributed by atoms with Gasteiger partial charge in [-0.1, -0.05) is 62.4 Å². The third kappa shape index (κ3) is 7.87. The molecule has 44 heavy (non-hydrogen) atoms. The molecule has 0 aliphatic carbocycles. The van der Waals surface area contributed by atoms with Gasteiger partial charge in [0, 0.05) is 0 Å². The van der Waals surface area contributed by atoms with E-state index in [0.29, 0.717) is 34.5 Å². The fourth-order valence-corrected chi connectivity index (χ4v) is 4.67. The van der Waals surface area contributed by atoms with Gasteiger partial charge in [0.1, 0.15) is 0 Å². The van der Waals surface area contributed by atoms with E-state index in [2.05, 4.69) is 74.5 Å². The van der Waals surface area contributed by atoms with Gasteiger partial charge in [-0.25, -0.2) is 0 Å². The second kappa shape index (κ2) is 15.2. The van der Waals surface area contributed by atoms with Crippen molar-refractivity contribution in [1.82, 2.24) is 0 Å². The van der Waals surface area contributed by atoms with Crippen LogP contribution in [-0.2, 0) is 0 Å². The Morgan fingerprint density at radius 1 is 0.477 bits per heavy atom. The van der Waals surface area contributed by atoms with Crippen molar-refractivity contribution < 1.29 is 28.4 Å². The van der Waals surface area contributed by atoms with Crippen LogP contribution in [0.15, 0.2) is 60.7 Å². The molecule has 4 aromatic rings. The molecule has 2 atom stereocenters. The summed E-state index contributed by atoms with van der Waals surface area (Å²) in [5.41, 5.74) is 4.11. The first-order valence-corrected chi connectivity index (χ1v) is 15.1. The molecule has 0 aliphatic heterocycles. The van der Waals surface area contributed by atoms with Crippen molar-refractivity contribution in [3.8, 4) is 34.5 Å². The molecule has 0 saturated carbocycles. The first-order chi connectivity index (χ1) is 21.3. The van der Waals surface area contributed by atoms with Crippen LogP contribution in [-0.4, -0.2) is 40.6 Å². The lowest BCUT2D eigenvalue weighted by molar-refractivity contribution is 0.198. The summed E-state index contributed by atoms with van der Waals surface area (Å²) in [5, 5.41) is 2.32. The molecule has 0 N–H and O–H groups in total. The van der Waals surface area contributed by atoms with Gasteiger partial charge in [0.15, 0.2) is 23.0 Å². The minimum atomic E-state index is 0.0563. The Balaban J connectivity index is 1.54. The highest BCUT2D eigenvalue weighted by Crippen LogP contribution is 2.41. The molecular formula is C38H44O6. The molecule has 232 valence electrons. The summed E-state index contributed by atoms with van der Waals surface area (Å²) < 4.78 is 34.7. The highest BCUT2D eigenvalue weighted by Gasteiger charge is 2.17. The quantitative estimate of drug-likeness (QED) is 0.135. The van der Waals surface area contributed by atoms with Crippen molar-refractivity contribution in [3.05, 3.63) is 82.9 Å². The highest BCUT2D eigenvalue weighted by atomic mass is 16.5. The minimum Gasteiger partial charge on any atom is -0.493 e. The molecule has 0 fully saturated rings. The summed E-state index contributed by atoms with van der Waals surface area (Å²) in [6, 6.07) is 20.7. The molecule has 0 bridgehead atoms. The summed E-state index contributed by atoms with van der Waals surface area (Å²) in [6.45, 7) is 8.23. The average molecular weight is 597 g/mol. The molecule has 0 saturated heterocycles. The van der Waals surface area contributed by atoms with Gasteiger partial charge >= 0.3 is 0 Å². The van der Waals surface area contributed by atoms with E-state index < -0.39 is 0 Å². The van der Waals surface area contributed by atoms with Crippen LogP contribution in [0.4, 0.5) is 0 Å². The van der Waals surface area contributed by atoms with Crippen LogP contribution in [0.2, 0.25) is 0 Å². The van der Waals surface area contributed by atoms with Crippen molar-refractivity contribution >= 4 is 35.1 Å². The average Bonchev–Trinajstić information content (AvgIpc) is 3.06. The van der Waals surface area contributed by atoms with Gasteiger partial charge in [0.05, 0.1) is 40.6 Å². The molecule has 2 unspecified atom stereocenters. The molecule has 0 spiro atoms. The first kappa shape index (κ1) is 32.3. The number of ether oxygens (including phenoxy) is 6. The van der Waals surface area contributed by atoms with E-state index in [1.165, 1.54) is 0 Å². The molecule has 4 aromatic carbocycles. The van der Waals surface area contributed by atoms with Crippen LogP contribution >= 0.6 is 0 Å². The number of fused-ring (bicyclic) bond motifs is 1. The Labute approximate surface area is 261 Å². The lowest BCUT2D eigenvalue weighted by atomic mass is 10.0. The normalized spacial score (nSPS) is 12.8. The number of benzene rings is 4. The van der Waals surface area contributed by atoms with Crippen LogP contribution in [0, 0.1) is 0 Å². The summed E-state index contributed by atoms with van der Waals surface area (Å²) in [7, 11) is 6.58. The van der Waals surface area contributed by atoms with Crippen LogP contribution in [0.25, 0.3) is 35.1 Å². The van der Waals surface area contributed by atoms with Gasteiger partial charge in [-0.3, -0.25) is 0 Å². The zero-order valence-electron chi connectivity index (χ0n) is 27.1. The number of hydrogen-bond donors (Lipinski definition) is 0. The van der Waals surface area contributed by atoms with E-state index in [9.17, 15) is 0 Å². The Kier molecular flexibility index (Phi) is 11.2. The monoisotopic (exact) mass is 596 g/mol.